The van der Waals surface area contributed by atoms with Crippen molar-refractivity contribution in [1.29, 1.82) is 0 Å². The average molecular weight is 1870 g/mol. The van der Waals surface area contributed by atoms with Crippen LogP contribution in [0.3, 0.4) is 0 Å². The van der Waals surface area contributed by atoms with Gasteiger partial charge in [0.05, 0.1) is 88.6 Å². The Labute approximate surface area is 714 Å². The molecule has 0 spiro atoms. The number of carbonyl (C=O) groups is 1. The minimum absolute atomic E-state index is 0.00179. The normalized spacial score (nSPS) is 32.5. The third-order valence-corrected chi connectivity index (χ3v) is 28.7. The number of ether oxygens (including phenoxy) is 10. The molecule has 125 heavy (non-hydrogen) atoms. The second kappa shape index (κ2) is 31.7. The number of aromatic nitrogens is 20. The maximum atomic E-state index is 15.5. The Hall–Kier alpha value is -9.01. The second-order valence-electron chi connectivity index (χ2n) is 30.5. The zero-order valence-electron chi connectivity index (χ0n) is 65.5. The van der Waals surface area contributed by atoms with Crippen LogP contribution in [-0.2, 0) is 123 Å². The lowest BCUT2D eigenvalue weighted by molar-refractivity contribution is -0.217. The molecule has 18 heterocycles. The van der Waals surface area contributed by atoms with Crippen LogP contribution in [-0.4, -0.2) is 241 Å². The number of nitrogen functional groups attached to an aromatic ring is 4. The Morgan fingerprint density at radius 3 is 1.52 bits per heavy atom. The molecule has 8 aliphatic rings. The lowest BCUT2D eigenvalue weighted by atomic mass is 9.94. The van der Waals surface area contributed by atoms with Crippen molar-refractivity contribution < 1.29 is 112 Å². The Morgan fingerprint density at radius 1 is 0.536 bits per heavy atom. The van der Waals surface area contributed by atoms with Crippen molar-refractivity contribution in [1.82, 2.24) is 97.6 Å². The second-order valence-corrected chi connectivity index (χ2v) is 40.4. The van der Waals surface area contributed by atoms with Crippen molar-refractivity contribution in [3.8, 4) is 0 Å². The van der Waals surface area contributed by atoms with Gasteiger partial charge >= 0.3 is 34.2 Å². The summed E-state index contributed by atoms with van der Waals surface area (Å²) in [6.07, 6.45) is -16.7. The topological polar surface area (TPSA) is 680 Å². The van der Waals surface area contributed by atoms with E-state index in [4.69, 9.17) is 130 Å². The van der Waals surface area contributed by atoms with Gasteiger partial charge in [-0.2, -0.15) is 15.0 Å². The van der Waals surface area contributed by atoms with E-state index in [0.717, 1.165) is 6.33 Å². The summed E-state index contributed by atoms with van der Waals surface area (Å²) in [7, 11) is -5.76. The fraction of sp³-hybridized carbons (Fsp3) is 0.515. The van der Waals surface area contributed by atoms with E-state index in [9.17, 15) is 38.7 Å². The van der Waals surface area contributed by atoms with Crippen LogP contribution in [0.2, 0.25) is 0 Å². The fourth-order valence-corrected chi connectivity index (χ4v) is 22.6. The van der Waals surface area contributed by atoms with Gasteiger partial charge in [0.15, 0.2) is 86.5 Å². The highest BCUT2D eigenvalue weighted by Crippen LogP contribution is 2.65. The number of thiol groups is 1. The monoisotopic (exact) mass is 1870 g/mol. The van der Waals surface area contributed by atoms with Crippen LogP contribution in [0, 0.1) is 6.92 Å². The minimum Gasteiger partial charge on any atom is -0.429 e. The Bertz CT molecular complexity index is 6590. The first-order chi connectivity index (χ1) is 59.5. The highest BCUT2D eigenvalue weighted by Gasteiger charge is 2.73. The van der Waals surface area contributed by atoms with Gasteiger partial charge in [0.25, 0.3) is 22.2 Å². The van der Waals surface area contributed by atoms with E-state index in [2.05, 4.69) is 87.0 Å². The van der Waals surface area contributed by atoms with Gasteiger partial charge < -0.3 is 104 Å². The molecule has 25 atom stereocenters. The first-order valence-electron chi connectivity index (χ1n) is 38.3. The van der Waals surface area contributed by atoms with Crippen LogP contribution >= 0.6 is 40.3 Å². The molecule has 8 aliphatic heterocycles. The highest BCUT2D eigenvalue weighted by molar-refractivity contribution is 8.44. The molecule has 0 saturated carbocycles. The minimum atomic E-state index is -5.76. The summed E-state index contributed by atoms with van der Waals surface area (Å²) in [5.74, 6) is -0.604. The van der Waals surface area contributed by atoms with Crippen LogP contribution in [0.25, 0.3) is 55.8 Å². The molecule has 10 aromatic heterocycles. The molecule has 0 radical (unpaired) electrons. The first kappa shape index (κ1) is 85.4. The summed E-state index contributed by atoms with van der Waals surface area (Å²) in [6, 6.07) is 8.72. The number of benzene rings is 1. The smallest absolute Gasteiger partial charge is 0.429 e. The summed E-state index contributed by atoms with van der Waals surface area (Å²) in [6.45, 7) is -9.83. The molecule has 0 amide bonds. The standard InChI is InChI=1S/C66H76N24O28P4S3/c1-6-30-31(12-35(109-30)87-21-74-38-50(87)80-60(68)83-54(38)92)115-120(98,123)102-15-33-32(13-34(110-33)86-20-73-36-47(67)71-19-72-48(36)86)116-121(99,124)104-18-66-27(4)107-42(58(114-66)89-23-76-39-51(89)81-61(69)84-55(39)93)45(66)117-119(96,97)103-16-65-26(3)108-43(59(113-65)90-24-77-40-52(90)82-62(70)85-56(40)94)46(65)118-122(100,125)105-17-64-25(2)106-41(44(64)111-63(95)101-14-29-10-8-7-9-11-29)57(112-64)88-22-75-37-49(88)78-28(5)79-53(37)91/h7-11,19-27,30-35,41-46,57-59H,6,12-18H2,1-5H3,(H,96,97)(H,98,123)(H,99,124)(H,100,125)(H2,67,71,72)(H,78,79,91)(H3,68,80,83,92)(H3,69,81,84,93)(H3,70,82,85,94)/t25-,26-,27-,30+,31?,32?,33+,34+,35+,41-,42-,43-,44?,45?,46?,57+,58+,59+,64-,65-,66-,120?,121?,122?/m0/s1. The molecule has 19 rings (SSSR count). The number of phosphoric ester groups is 1. The SMILES string of the molecule is CC[C@H]1O[C@@H](n2cnc3c(=O)[nH]c(N)nc32)CC1OP(O)(=S)OC[C@H]1O[C@@H](n2cnc3c(N)ncnc32)CC1OP(=O)(S)OC[C@]12O[C@@H](n3cnc4c(=O)[nH]c(N)nc43)[C@@H](O[C@H]1C)C2OP(=O)(O)OC[C@]12O[C@@H](n3cnc4c(=O)[nH]c(N)nc43)[C@@H](O[C@H]1C)C2OP(O)(=S)OC[C@]12O[C@@H](n3cnc4c(=O)[nH]c(C)nc43)[C@@H](O[C@H]1C)C2OC(=O)OCc1ccccc1. The quantitative estimate of drug-likeness (QED) is 0.0181. The van der Waals surface area contributed by atoms with Gasteiger partial charge in [-0.3, -0.25) is 79.6 Å². The number of phosphoric acid groups is 1. The van der Waals surface area contributed by atoms with Crippen molar-refractivity contribution in [2.24, 2.45) is 0 Å². The molecule has 0 aliphatic carbocycles. The molecule has 15 N–H and O–H groups in total. The van der Waals surface area contributed by atoms with Crippen molar-refractivity contribution in [3.05, 3.63) is 121 Å². The Morgan fingerprint density at radius 2 is 0.976 bits per heavy atom. The predicted molar refractivity (Wildman–Crippen MR) is 433 cm³/mol. The molecule has 6 bridgehead atoms. The molecule has 666 valence electrons. The maximum absolute atomic E-state index is 15.5. The number of rotatable bonds is 29. The number of nitrogens with one attached hydrogen (secondary N) is 4. The Balaban J connectivity index is 0.600. The number of hydrogen-bond acceptors (Lipinski definition) is 42. The van der Waals surface area contributed by atoms with E-state index in [0.29, 0.717) is 12.0 Å². The number of aryl methyl sites for hydroxylation is 1. The van der Waals surface area contributed by atoms with E-state index in [-0.39, 0.29) is 105 Å². The summed E-state index contributed by atoms with van der Waals surface area (Å²) in [4.78, 5) is 160. The van der Waals surface area contributed by atoms with Gasteiger partial charge in [-0.25, -0.2) is 53.8 Å². The predicted octanol–water partition coefficient (Wildman–Crippen LogP) is 2.05. The van der Waals surface area contributed by atoms with E-state index < -0.39 is 210 Å². The molecule has 52 nitrogen and oxygen atoms in total. The number of aromatic amines is 4. The Kier molecular flexibility index (Phi) is 21.7. The summed E-state index contributed by atoms with van der Waals surface area (Å²) < 4.78 is 152. The van der Waals surface area contributed by atoms with Crippen LogP contribution < -0.4 is 45.2 Å². The number of carbonyl (C=O) groups excluding carboxylic acids is 1. The zero-order chi connectivity index (χ0) is 87.7. The van der Waals surface area contributed by atoms with Crippen molar-refractivity contribution in [2.45, 2.75) is 188 Å². The third-order valence-electron chi connectivity index (χ3n) is 23.1. The number of fused-ring (bicyclic) bond motifs is 11. The van der Waals surface area contributed by atoms with Crippen molar-refractivity contribution in [2.75, 3.05) is 49.4 Å². The van der Waals surface area contributed by atoms with Crippen LogP contribution in [0.1, 0.15) is 89.5 Å². The number of H-pyrrole nitrogens is 4. The zero-order valence-corrected chi connectivity index (χ0v) is 71.6. The van der Waals surface area contributed by atoms with Crippen LogP contribution in [0.15, 0.2) is 87.5 Å². The number of anilines is 4. The number of imidazole rings is 5. The fourth-order valence-electron chi connectivity index (χ4n) is 17.1. The van der Waals surface area contributed by atoms with E-state index >= 15 is 9.13 Å². The maximum Gasteiger partial charge on any atom is 0.509 e. The summed E-state index contributed by atoms with van der Waals surface area (Å²) in [5.41, 5.74) is 15.6. The van der Waals surface area contributed by atoms with E-state index in [1.807, 2.05) is 6.92 Å². The largest absolute Gasteiger partial charge is 0.509 e. The van der Waals surface area contributed by atoms with Gasteiger partial charge in [0.1, 0.15) is 90.7 Å². The lowest BCUT2D eigenvalue weighted by Gasteiger charge is -2.38. The summed E-state index contributed by atoms with van der Waals surface area (Å²) in [5, 5.41) is 0. The number of hydrogen-bond donors (Lipinski definition) is 12. The van der Waals surface area contributed by atoms with Crippen LogP contribution in [0.5, 0.6) is 0 Å². The first-order valence-corrected chi connectivity index (χ1v) is 47.7. The van der Waals surface area contributed by atoms with Gasteiger partial charge in [0, 0.05) is 12.8 Å². The van der Waals surface area contributed by atoms with Crippen molar-refractivity contribution in [3.63, 3.8) is 0 Å². The molecule has 8 saturated heterocycles. The average Bonchev–Trinajstić information content (AvgIpc) is 1.55. The van der Waals surface area contributed by atoms with Gasteiger partial charge in [-0.15, -0.1) is 0 Å². The van der Waals surface area contributed by atoms with Gasteiger partial charge in [-0.05, 0) is 63.3 Å². The molecular formula is C66H76N24O28P4S3. The molecule has 59 heteroatoms. The molecule has 8 fully saturated rings. The highest BCUT2D eigenvalue weighted by atomic mass is 32.7. The summed E-state index contributed by atoms with van der Waals surface area (Å²) >= 11 is 16.0. The molecule has 9 unspecified atom stereocenters. The molecule has 11 aromatic rings. The number of nitrogens with zero attached hydrogens (tertiary/aromatic N) is 16. The lowest BCUT2D eigenvalue weighted by Crippen LogP contribution is -2.52. The van der Waals surface area contributed by atoms with Gasteiger partial charge in [-0.1, -0.05) is 49.5 Å². The van der Waals surface area contributed by atoms with E-state index in [1.54, 1.807) is 44.2 Å². The number of nitrogens with two attached hydrogens (primary N) is 4. The van der Waals surface area contributed by atoms with Crippen molar-refractivity contribution >= 4 is 150 Å². The van der Waals surface area contributed by atoms with E-state index in [1.165, 1.54) is 68.3 Å². The molecular weight excluding hydrogens is 1800 g/mol. The van der Waals surface area contributed by atoms with Crippen LogP contribution in [0.4, 0.5) is 28.5 Å². The van der Waals surface area contributed by atoms with Gasteiger partial charge in [0.2, 0.25) is 17.8 Å². The molecule has 1 aromatic carbocycles. The third kappa shape index (κ3) is 15.2.